The van der Waals surface area contributed by atoms with Crippen LogP contribution in [0.3, 0.4) is 0 Å². The summed E-state index contributed by atoms with van der Waals surface area (Å²) in [4.78, 5) is 5.13. The highest BCUT2D eigenvalue weighted by Gasteiger charge is 2.02. The zero-order valence-electron chi connectivity index (χ0n) is 10.9. The minimum atomic E-state index is -0.343. The van der Waals surface area contributed by atoms with E-state index in [0.29, 0.717) is 5.56 Å². The Morgan fingerprint density at radius 3 is 2.40 bits per heavy atom. The molecule has 0 amide bonds. The Morgan fingerprint density at radius 1 is 1.10 bits per heavy atom. The topological polar surface area (TPSA) is 47.6 Å². The fraction of sp³-hybridized carbons (Fsp3) is 0.133. The van der Waals surface area contributed by atoms with E-state index in [9.17, 15) is 8.78 Å². The van der Waals surface area contributed by atoms with Crippen LogP contribution in [0.4, 0.5) is 8.78 Å². The number of amidine groups is 1. The van der Waals surface area contributed by atoms with E-state index < -0.39 is 0 Å². The minimum Gasteiger partial charge on any atom is -0.389 e. The lowest BCUT2D eigenvalue weighted by Crippen LogP contribution is -2.13. The summed E-state index contributed by atoms with van der Waals surface area (Å²) in [5.74, 6) is -0.477. The first-order valence-corrected chi connectivity index (χ1v) is 6.02. The molecular weight excluding hydrogens is 262 g/mol. The molecule has 0 unspecified atom stereocenters. The number of hydrogen-bond acceptors (Lipinski definition) is 2. The van der Waals surface area contributed by atoms with Gasteiger partial charge in [-0.1, -0.05) is 11.2 Å². The average molecular weight is 276 g/mol. The highest BCUT2D eigenvalue weighted by molar-refractivity contribution is 5.96. The number of nitrogens with zero attached hydrogens (tertiary/aromatic N) is 1. The fourth-order valence-electron chi connectivity index (χ4n) is 1.67. The number of nitrogens with two attached hydrogens (primary N) is 1. The van der Waals surface area contributed by atoms with Gasteiger partial charge in [0.2, 0.25) is 0 Å². The molecule has 0 aliphatic rings. The van der Waals surface area contributed by atoms with E-state index in [0.717, 1.165) is 11.1 Å². The Balaban J connectivity index is 2.00. The molecule has 0 fully saturated rings. The monoisotopic (exact) mass is 276 g/mol. The summed E-state index contributed by atoms with van der Waals surface area (Å²) in [6, 6.07) is 10.0. The maximum Gasteiger partial charge on any atom is 0.170 e. The second-order valence-electron chi connectivity index (χ2n) is 4.33. The first-order valence-electron chi connectivity index (χ1n) is 6.02. The van der Waals surface area contributed by atoms with E-state index in [1.54, 1.807) is 13.0 Å². The Hall–Kier alpha value is -2.43. The Kier molecular flexibility index (Phi) is 4.30. The van der Waals surface area contributed by atoms with Gasteiger partial charge in [-0.3, -0.25) is 0 Å². The second-order valence-corrected chi connectivity index (χ2v) is 4.33. The van der Waals surface area contributed by atoms with Crippen LogP contribution in [-0.2, 0) is 11.4 Å². The van der Waals surface area contributed by atoms with Crippen LogP contribution >= 0.6 is 0 Å². The molecule has 0 bridgehead atoms. The van der Waals surface area contributed by atoms with Crippen molar-refractivity contribution in [2.45, 2.75) is 13.5 Å². The predicted molar refractivity (Wildman–Crippen MR) is 73.1 cm³/mol. The van der Waals surface area contributed by atoms with Gasteiger partial charge >= 0.3 is 0 Å². The summed E-state index contributed by atoms with van der Waals surface area (Å²) in [7, 11) is 0. The normalized spacial score (nSPS) is 11.4. The molecule has 0 saturated heterocycles. The van der Waals surface area contributed by atoms with E-state index in [2.05, 4.69) is 5.16 Å². The van der Waals surface area contributed by atoms with Crippen molar-refractivity contribution in [3.05, 3.63) is 70.8 Å². The van der Waals surface area contributed by atoms with Crippen LogP contribution in [0.1, 0.15) is 16.7 Å². The number of halogens is 2. The third-order valence-corrected chi connectivity index (χ3v) is 2.83. The SMILES string of the molecule is Cc1cc(F)ccc1CO/N=C(\N)c1ccc(F)cc1. The Bertz CT molecular complexity index is 624. The van der Waals surface area contributed by atoms with Crippen molar-refractivity contribution in [2.75, 3.05) is 0 Å². The molecular formula is C15H14F2N2O. The van der Waals surface area contributed by atoms with Gasteiger partial charge in [0.05, 0.1) is 0 Å². The predicted octanol–water partition coefficient (Wildman–Crippen LogP) is 3.11. The van der Waals surface area contributed by atoms with E-state index in [1.165, 1.54) is 36.4 Å². The number of benzene rings is 2. The van der Waals surface area contributed by atoms with E-state index in [4.69, 9.17) is 10.6 Å². The summed E-state index contributed by atoms with van der Waals surface area (Å²) in [5.41, 5.74) is 7.89. The molecule has 0 radical (unpaired) electrons. The van der Waals surface area contributed by atoms with E-state index in [-0.39, 0.29) is 24.1 Å². The largest absolute Gasteiger partial charge is 0.389 e. The molecule has 2 N–H and O–H groups in total. The molecule has 2 aromatic carbocycles. The number of aryl methyl sites for hydroxylation is 1. The molecule has 2 rings (SSSR count). The third kappa shape index (κ3) is 3.54. The number of rotatable bonds is 4. The van der Waals surface area contributed by atoms with Crippen LogP contribution in [0.5, 0.6) is 0 Å². The second kappa shape index (κ2) is 6.14. The van der Waals surface area contributed by atoms with Gasteiger partial charge in [0, 0.05) is 5.56 Å². The van der Waals surface area contributed by atoms with E-state index >= 15 is 0 Å². The lowest BCUT2D eigenvalue weighted by molar-refractivity contribution is 0.130. The van der Waals surface area contributed by atoms with Gasteiger partial charge in [-0.15, -0.1) is 0 Å². The van der Waals surface area contributed by atoms with Crippen molar-refractivity contribution >= 4 is 5.84 Å². The summed E-state index contributed by atoms with van der Waals surface area (Å²) >= 11 is 0. The van der Waals surface area contributed by atoms with Gasteiger partial charge in [0.15, 0.2) is 5.84 Å². The highest BCUT2D eigenvalue weighted by atomic mass is 19.1. The Labute approximate surface area is 115 Å². The van der Waals surface area contributed by atoms with Crippen molar-refractivity contribution in [3.63, 3.8) is 0 Å². The van der Waals surface area contributed by atoms with Crippen LogP contribution in [-0.4, -0.2) is 5.84 Å². The Morgan fingerprint density at radius 2 is 1.75 bits per heavy atom. The van der Waals surface area contributed by atoms with Crippen molar-refractivity contribution < 1.29 is 13.6 Å². The van der Waals surface area contributed by atoms with Crippen molar-refractivity contribution in [1.29, 1.82) is 0 Å². The standard InChI is InChI=1S/C15H14F2N2O/c1-10-8-14(17)7-4-12(10)9-20-19-15(18)11-2-5-13(16)6-3-11/h2-8H,9H2,1H3,(H2,18,19). The van der Waals surface area contributed by atoms with Gasteiger partial charge < -0.3 is 10.6 Å². The van der Waals surface area contributed by atoms with Crippen molar-refractivity contribution in [3.8, 4) is 0 Å². The molecule has 2 aromatic rings. The average Bonchev–Trinajstić information content (AvgIpc) is 2.42. The minimum absolute atomic E-state index is 0.157. The van der Waals surface area contributed by atoms with E-state index in [1.807, 2.05) is 0 Å². The molecule has 0 aliphatic carbocycles. The first-order chi connectivity index (χ1) is 9.56. The molecule has 0 spiro atoms. The zero-order chi connectivity index (χ0) is 14.5. The highest BCUT2D eigenvalue weighted by Crippen LogP contribution is 2.11. The van der Waals surface area contributed by atoms with Crippen LogP contribution in [0.2, 0.25) is 0 Å². The van der Waals surface area contributed by atoms with Crippen LogP contribution in [0.15, 0.2) is 47.6 Å². The van der Waals surface area contributed by atoms with Gasteiger partial charge in [-0.25, -0.2) is 8.78 Å². The fourth-order valence-corrected chi connectivity index (χ4v) is 1.67. The number of hydrogen-bond donors (Lipinski definition) is 1. The molecule has 0 aliphatic heterocycles. The van der Waals surface area contributed by atoms with Crippen molar-refractivity contribution in [1.82, 2.24) is 0 Å². The molecule has 104 valence electrons. The van der Waals surface area contributed by atoms with Crippen LogP contribution < -0.4 is 5.73 Å². The quantitative estimate of drug-likeness (QED) is 0.530. The molecule has 0 atom stereocenters. The number of oxime groups is 1. The van der Waals surface area contributed by atoms with Gasteiger partial charge in [-0.05, 0) is 54.4 Å². The third-order valence-electron chi connectivity index (χ3n) is 2.83. The summed E-state index contributed by atoms with van der Waals surface area (Å²) < 4.78 is 25.7. The molecule has 0 aromatic heterocycles. The van der Waals surface area contributed by atoms with Gasteiger partial charge in [0.1, 0.15) is 18.2 Å². The molecule has 3 nitrogen and oxygen atoms in total. The van der Waals surface area contributed by atoms with Crippen LogP contribution in [0, 0.1) is 18.6 Å². The summed E-state index contributed by atoms with van der Waals surface area (Å²) in [5, 5.41) is 3.76. The molecule has 0 heterocycles. The van der Waals surface area contributed by atoms with Crippen LogP contribution in [0.25, 0.3) is 0 Å². The maximum atomic E-state index is 12.9. The first kappa shape index (κ1) is 14.0. The molecule has 5 heteroatoms. The van der Waals surface area contributed by atoms with Gasteiger partial charge in [-0.2, -0.15) is 0 Å². The lowest BCUT2D eigenvalue weighted by Gasteiger charge is -2.05. The summed E-state index contributed by atoms with van der Waals surface area (Å²) in [6.45, 7) is 1.98. The smallest absolute Gasteiger partial charge is 0.170 e. The van der Waals surface area contributed by atoms with Crippen molar-refractivity contribution in [2.24, 2.45) is 10.9 Å². The zero-order valence-corrected chi connectivity index (χ0v) is 10.9. The lowest BCUT2D eigenvalue weighted by atomic mass is 10.1. The molecule has 20 heavy (non-hydrogen) atoms. The summed E-state index contributed by atoms with van der Waals surface area (Å²) in [6.07, 6.45) is 0. The maximum absolute atomic E-state index is 12.9. The molecule has 0 saturated carbocycles. The van der Waals surface area contributed by atoms with Gasteiger partial charge in [0.25, 0.3) is 0 Å².